The number of aliphatic hydroxyl groups excluding tert-OH is 1. The van der Waals surface area contributed by atoms with Gasteiger partial charge in [-0.2, -0.15) is 0 Å². The number of nitrogens with one attached hydrogen (secondary N) is 1. The molecule has 0 saturated carbocycles. The zero-order valence-corrected chi connectivity index (χ0v) is 22.4. The van der Waals surface area contributed by atoms with Gasteiger partial charge >= 0.3 is 0 Å². The minimum absolute atomic E-state index is 0.0221. The van der Waals surface area contributed by atoms with Crippen LogP contribution >= 0.6 is 0 Å². The minimum atomic E-state index is -0.851. The van der Waals surface area contributed by atoms with Gasteiger partial charge < -0.3 is 14.4 Å². The second kappa shape index (κ2) is 11.7. The monoisotopic (exact) mass is 523 g/mol. The zero-order valence-electron chi connectivity index (χ0n) is 22.4. The summed E-state index contributed by atoms with van der Waals surface area (Å²) in [4.78, 5) is 20.1. The Balaban J connectivity index is 1.78. The summed E-state index contributed by atoms with van der Waals surface area (Å²) in [5, 5.41) is 10.7. The number of rotatable bonds is 11. The Morgan fingerprint density at radius 1 is 0.846 bits per heavy atom. The van der Waals surface area contributed by atoms with E-state index in [1.807, 2.05) is 73.0 Å². The van der Waals surface area contributed by atoms with E-state index in [2.05, 4.69) is 46.9 Å². The molecule has 39 heavy (non-hydrogen) atoms. The summed E-state index contributed by atoms with van der Waals surface area (Å²) in [5.41, 5.74) is 6.23. The number of imidazole rings is 1. The van der Waals surface area contributed by atoms with Gasteiger partial charge in [0.05, 0.1) is 38.8 Å². The van der Waals surface area contributed by atoms with Crippen LogP contribution in [0.15, 0.2) is 97.3 Å². The fourth-order valence-electron chi connectivity index (χ4n) is 4.95. The first kappa shape index (κ1) is 26.5. The van der Waals surface area contributed by atoms with Crippen LogP contribution < -0.4 is 5.48 Å². The fraction of sp³-hybridized carbons (Fsp3) is 0.258. The Kier molecular flexibility index (Phi) is 7.97. The molecule has 0 aliphatic rings. The van der Waals surface area contributed by atoms with Gasteiger partial charge in [0.1, 0.15) is 5.41 Å². The standard InChI is InChI=1S/C31H33N5O3/c1-22(2)39-20-26(37)19-36-21-32-27-28(35-38-3)33-30(34-29(27)36)31(23-13-7-4-8-14-23,24-15-9-5-10-16-24)25-17-11-6-12-18-25/h4-18,21-22,26,37H,19-20H2,1-3H3,(H,33,34,35)/t26-/m1/s1. The normalized spacial score (nSPS) is 12.6. The molecule has 8 nitrogen and oxygen atoms in total. The molecule has 0 fully saturated rings. The van der Waals surface area contributed by atoms with Gasteiger partial charge in [-0.3, -0.25) is 4.84 Å². The highest BCUT2D eigenvalue weighted by atomic mass is 16.6. The van der Waals surface area contributed by atoms with E-state index in [0.717, 1.165) is 16.7 Å². The van der Waals surface area contributed by atoms with Crippen LogP contribution in [0.25, 0.3) is 11.2 Å². The van der Waals surface area contributed by atoms with Crippen molar-refractivity contribution in [2.45, 2.75) is 38.0 Å². The number of hydrogen-bond acceptors (Lipinski definition) is 7. The summed E-state index contributed by atoms with van der Waals surface area (Å²) in [5.74, 6) is 0.990. The summed E-state index contributed by atoms with van der Waals surface area (Å²) in [6.45, 7) is 4.36. The quantitative estimate of drug-likeness (QED) is 0.187. The number of aliphatic hydroxyl groups is 1. The minimum Gasteiger partial charge on any atom is -0.389 e. The van der Waals surface area contributed by atoms with Crippen molar-refractivity contribution < 1.29 is 14.7 Å². The van der Waals surface area contributed by atoms with E-state index in [1.54, 1.807) is 6.33 Å². The van der Waals surface area contributed by atoms with Crippen molar-refractivity contribution in [3.63, 3.8) is 0 Å². The highest BCUT2D eigenvalue weighted by Gasteiger charge is 2.42. The molecule has 0 aliphatic heterocycles. The summed E-state index contributed by atoms with van der Waals surface area (Å²) in [7, 11) is 1.54. The molecule has 2 N–H and O–H groups in total. The molecule has 2 aromatic heterocycles. The van der Waals surface area contributed by atoms with Crippen LogP contribution in [0.3, 0.4) is 0 Å². The van der Waals surface area contributed by atoms with Gasteiger partial charge in [-0.15, -0.1) is 0 Å². The van der Waals surface area contributed by atoms with Gasteiger partial charge in [-0.05, 0) is 30.5 Å². The molecule has 0 amide bonds. The summed E-state index contributed by atoms with van der Waals surface area (Å²) in [6, 6.07) is 30.8. The van der Waals surface area contributed by atoms with E-state index in [4.69, 9.17) is 19.5 Å². The molecule has 0 saturated heterocycles. The topological polar surface area (TPSA) is 94.3 Å². The van der Waals surface area contributed by atoms with E-state index in [9.17, 15) is 5.11 Å². The Labute approximate surface area is 228 Å². The highest BCUT2D eigenvalue weighted by molar-refractivity contribution is 5.83. The maximum Gasteiger partial charge on any atom is 0.181 e. The van der Waals surface area contributed by atoms with Gasteiger partial charge in [-0.1, -0.05) is 91.0 Å². The van der Waals surface area contributed by atoms with Crippen LogP contribution in [0.1, 0.15) is 36.4 Å². The first-order valence-corrected chi connectivity index (χ1v) is 13.0. The predicted molar refractivity (Wildman–Crippen MR) is 151 cm³/mol. The third-order valence-corrected chi connectivity index (χ3v) is 6.65. The lowest BCUT2D eigenvalue weighted by molar-refractivity contribution is -0.000346. The molecule has 0 bridgehead atoms. The second-order valence-electron chi connectivity index (χ2n) is 9.66. The smallest absolute Gasteiger partial charge is 0.181 e. The average molecular weight is 524 g/mol. The summed E-state index contributed by atoms with van der Waals surface area (Å²) >= 11 is 0. The molecule has 8 heteroatoms. The molecule has 0 spiro atoms. The molecule has 5 rings (SSSR count). The molecular weight excluding hydrogens is 490 g/mol. The first-order chi connectivity index (χ1) is 19.0. The van der Waals surface area contributed by atoms with Gasteiger partial charge in [-0.25, -0.2) is 20.4 Å². The Morgan fingerprint density at radius 2 is 1.38 bits per heavy atom. The third-order valence-electron chi connectivity index (χ3n) is 6.65. The van der Waals surface area contributed by atoms with Crippen LogP contribution in [0, 0.1) is 0 Å². The predicted octanol–water partition coefficient (Wildman–Crippen LogP) is 4.97. The Bertz CT molecular complexity index is 1390. The van der Waals surface area contributed by atoms with Crippen molar-refractivity contribution in [1.82, 2.24) is 19.5 Å². The molecule has 200 valence electrons. The highest BCUT2D eigenvalue weighted by Crippen LogP contribution is 2.44. The average Bonchev–Trinajstić information content (AvgIpc) is 3.37. The lowest BCUT2D eigenvalue weighted by Gasteiger charge is -2.34. The van der Waals surface area contributed by atoms with Crippen molar-refractivity contribution in [3.8, 4) is 0 Å². The van der Waals surface area contributed by atoms with Crippen LogP contribution in [0.5, 0.6) is 0 Å². The van der Waals surface area contributed by atoms with Crippen LogP contribution in [0.4, 0.5) is 5.82 Å². The van der Waals surface area contributed by atoms with Crippen molar-refractivity contribution in [2.24, 2.45) is 0 Å². The van der Waals surface area contributed by atoms with Gasteiger partial charge in [0, 0.05) is 0 Å². The number of benzene rings is 3. The van der Waals surface area contributed by atoms with Crippen LogP contribution in [0.2, 0.25) is 0 Å². The lowest BCUT2D eigenvalue weighted by Crippen LogP contribution is -2.33. The number of nitrogens with zero attached hydrogens (tertiary/aromatic N) is 4. The molecule has 1 atom stereocenters. The van der Waals surface area contributed by atoms with E-state index < -0.39 is 11.5 Å². The maximum absolute atomic E-state index is 10.7. The number of anilines is 1. The summed E-state index contributed by atoms with van der Waals surface area (Å²) in [6.07, 6.45) is 0.954. The van der Waals surface area contributed by atoms with Crippen molar-refractivity contribution in [2.75, 3.05) is 19.2 Å². The number of fused-ring (bicyclic) bond motifs is 1. The summed E-state index contributed by atoms with van der Waals surface area (Å²) < 4.78 is 7.46. The largest absolute Gasteiger partial charge is 0.389 e. The lowest BCUT2D eigenvalue weighted by atomic mass is 9.68. The van der Waals surface area contributed by atoms with E-state index in [1.165, 1.54) is 7.11 Å². The molecule has 0 unspecified atom stereocenters. The first-order valence-electron chi connectivity index (χ1n) is 13.0. The Hall–Kier alpha value is -4.11. The van der Waals surface area contributed by atoms with E-state index in [-0.39, 0.29) is 19.3 Å². The maximum atomic E-state index is 10.7. The third kappa shape index (κ3) is 5.27. The molecule has 2 heterocycles. The molecule has 0 aliphatic carbocycles. The molecule has 0 radical (unpaired) electrons. The second-order valence-corrected chi connectivity index (χ2v) is 9.66. The number of aromatic nitrogens is 4. The van der Waals surface area contributed by atoms with Crippen molar-refractivity contribution in [1.29, 1.82) is 0 Å². The van der Waals surface area contributed by atoms with E-state index >= 15 is 0 Å². The van der Waals surface area contributed by atoms with Gasteiger partial charge in [0.2, 0.25) is 0 Å². The fourth-order valence-corrected chi connectivity index (χ4v) is 4.95. The molecule has 5 aromatic rings. The van der Waals surface area contributed by atoms with Crippen LogP contribution in [-0.4, -0.2) is 50.6 Å². The number of ether oxygens (including phenoxy) is 1. The number of hydrogen-bond donors (Lipinski definition) is 2. The molecular formula is C31H33N5O3. The van der Waals surface area contributed by atoms with Crippen LogP contribution in [-0.2, 0) is 21.5 Å². The van der Waals surface area contributed by atoms with Crippen molar-refractivity contribution in [3.05, 3.63) is 120 Å². The van der Waals surface area contributed by atoms with E-state index in [0.29, 0.717) is 22.8 Å². The SMILES string of the molecule is CONc1nc(C(c2ccccc2)(c2ccccc2)c2ccccc2)nc2c1ncn2C[C@@H](O)COC(C)C. The van der Waals surface area contributed by atoms with Gasteiger partial charge in [0.25, 0.3) is 0 Å². The molecule has 3 aromatic carbocycles. The Morgan fingerprint density at radius 3 is 1.87 bits per heavy atom. The van der Waals surface area contributed by atoms with Gasteiger partial charge in [0.15, 0.2) is 22.8 Å². The zero-order chi connectivity index (χ0) is 27.2. The van der Waals surface area contributed by atoms with Crippen molar-refractivity contribution >= 4 is 17.0 Å².